The molecule has 8 aromatic rings. The third kappa shape index (κ3) is 3.67. The van der Waals surface area contributed by atoms with Gasteiger partial charge in [-0.3, -0.25) is 9.97 Å². The van der Waals surface area contributed by atoms with E-state index in [1.54, 1.807) is 36.1 Å². The molecule has 7 heteroatoms. The molecule has 0 saturated carbocycles. The molecule has 6 nitrogen and oxygen atoms in total. The van der Waals surface area contributed by atoms with E-state index in [0.29, 0.717) is 17.5 Å². The molecule has 5 heterocycles. The second-order valence-electron chi connectivity index (χ2n) is 9.48. The van der Waals surface area contributed by atoms with Crippen molar-refractivity contribution in [2.45, 2.75) is 0 Å². The Balaban J connectivity index is 1.28. The van der Waals surface area contributed by atoms with E-state index >= 15 is 0 Å². The van der Waals surface area contributed by atoms with E-state index < -0.39 is 0 Å². The summed E-state index contributed by atoms with van der Waals surface area (Å²) in [5.74, 6) is 1.82. The Kier molecular flexibility index (Phi) is 5.21. The van der Waals surface area contributed by atoms with E-state index in [0.717, 1.165) is 22.4 Å². The molecule has 0 aliphatic rings. The van der Waals surface area contributed by atoms with E-state index in [2.05, 4.69) is 86.6 Å². The third-order valence-electron chi connectivity index (χ3n) is 7.15. The maximum absolute atomic E-state index is 4.85. The summed E-state index contributed by atoms with van der Waals surface area (Å²) >= 11 is 1.80. The Morgan fingerprint density at radius 1 is 0.525 bits per heavy atom. The van der Waals surface area contributed by atoms with Crippen molar-refractivity contribution >= 4 is 43.2 Å². The lowest BCUT2D eigenvalue weighted by Gasteiger charge is -2.10. The molecule has 0 saturated heterocycles. The van der Waals surface area contributed by atoms with Crippen LogP contribution in [0.3, 0.4) is 0 Å². The maximum Gasteiger partial charge on any atom is 0.164 e. The van der Waals surface area contributed by atoms with E-state index in [-0.39, 0.29) is 0 Å². The van der Waals surface area contributed by atoms with Crippen LogP contribution in [0.15, 0.2) is 121 Å². The predicted molar refractivity (Wildman–Crippen MR) is 161 cm³/mol. The molecule has 0 N–H and O–H groups in total. The van der Waals surface area contributed by atoms with Crippen molar-refractivity contribution in [3.63, 3.8) is 0 Å². The van der Waals surface area contributed by atoms with Gasteiger partial charge in [-0.1, -0.05) is 24.3 Å². The highest BCUT2D eigenvalue weighted by Crippen LogP contribution is 2.39. The monoisotopic (exact) mass is 532 g/mol. The number of benzene rings is 3. The van der Waals surface area contributed by atoms with Crippen molar-refractivity contribution in [2.75, 3.05) is 0 Å². The molecule has 0 radical (unpaired) electrons. The minimum absolute atomic E-state index is 0.602. The predicted octanol–water partition coefficient (Wildman–Crippen LogP) is 7.97. The topological polar surface area (TPSA) is 69.4 Å². The van der Waals surface area contributed by atoms with Crippen molar-refractivity contribution in [1.82, 2.24) is 29.5 Å². The van der Waals surface area contributed by atoms with Crippen LogP contribution < -0.4 is 0 Å². The second-order valence-corrected chi connectivity index (χ2v) is 10.4. The van der Waals surface area contributed by atoms with Crippen LogP contribution in [0.2, 0.25) is 0 Å². The minimum atomic E-state index is 0.602. The number of fused-ring (bicyclic) bond motifs is 5. The molecule has 0 aliphatic heterocycles. The van der Waals surface area contributed by atoms with Crippen LogP contribution in [-0.2, 0) is 0 Å². The zero-order valence-corrected chi connectivity index (χ0v) is 22.0. The normalized spacial score (nSPS) is 11.5. The molecule has 0 amide bonds. The first-order valence-corrected chi connectivity index (χ1v) is 13.8. The van der Waals surface area contributed by atoms with Gasteiger partial charge in [0.1, 0.15) is 0 Å². The van der Waals surface area contributed by atoms with Crippen LogP contribution in [0.5, 0.6) is 0 Å². The highest BCUT2D eigenvalue weighted by atomic mass is 32.1. The van der Waals surface area contributed by atoms with Crippen LogP contribution >= 0.6 is 11.3 Å². The summed E-state index contributed by atoms with van der Waals surface area (Å²) in [6, 6.07) is 31.3. The smallest absolute Gasteiger partial charge is 0.164 e. The van der Waals surface area contributed by atoms with Gasteiger partial charge in [-0.15, -0.1) is 11.3 Å². The Morgan fingerprint density at radius 3 is 1.77 bits per heavy atom. The average molecular weight is 533 g/mol. The van der Waals surface area contributed by atoms with E-state index in [4.69, 9.17) is 15.0 Å². The van der Waals surface area contributed by atoms with Crippen LogP contribution in [-0.4, -0.2) is 29.5 Å². The van der Waals surface area contributed by atoms with Gasteiger partial charge in [0.25, 0.3) is 0 Å². The number of aromatic nitrogens is 6. The molecular weight excluding hydrogens is 512 g/mol. The fraction of sp³-hybridized carbons (Fsp3) is 0. The van der Waals surface area contributed by atoms with Gasteiger partial charge in [-0.2, -0.15) is 0 Å². The quantitative estimate of drug-likeness (QED) is 0.230. The molecule has 3 aromatic carbocycles. The molecule has 188 valence electrons. The molecular formula is C33H20N6S. The fourth-order valence-corrected chi connectivity index (χ4v) is 6.24. The van der Waals surface area contributed by atoms with Gasteiger partial charge < -0.3 is 4.57 Å². The summed E-state index contributed by atoms with van der Waals surface area (Å²) in [6.45, 7) is 0. The number of hydrogen-bond acceptors (Lipinski definition) is 6. The first-order chi connectivity index (χ1) is 19.8. The van der Waals surface area contributed by atoms with Crippen LogP contribution in [0.1, 0.15) is 0 Å². The largest absolute Gasteiger partial charge is 0.309 e. The van der Waals surface area contributed by atoms with E-state index in [9.17, 15) is 0 Å². The number of pyridine rings is 2. The molecule has 0 unspecified atom stereocenters. The van der Waals surface area contributed by atoms with Crippen LogP contribution in [0, 0.1) is 0 Å². The lowest BCUT2D eigenvalue weighted by atomic mass is 10.1. The highest BCUT2D eigenvalue weighted by molar-refractivity contribution is 7.18. The summed E-state index contributed by atoms with van der Waals surface area (Å²) in [6.07, 6.45) is 6.98. The van der Waals surface area contributed by atoms with Gasteiger partial charge in [0, 0.05) is 62.6 Å². The van der Waals surface area contributed by atoms with Crippen molar-refractivity contribution in [3.05, 3.63) is 121 Å². The van der Waals surface area contributed by atoms with Crippen molar-refractivity contribution < 1.29 is 0 Å². The number of hydrogen-bond donors (Lipinski definition) is 0. The summed E-state index contributed by atoms with van der Waals surface area (Å²) in [5, 5.41) is 6.01. The zero-order chi connectivity index (χ0) is 26.5. The van der Waals surface area contributed by atoms with Crippen LogP contribution in [0.25, 0.3) is 71.7 Å². The van der Waals surface area contributed by atoms with Gasteiger partial charge in [0.15, 0.2) is 17.5 Å². The minimum Gasteiger partial charge on any atom is -0.309 e. The summed E-state index contributed by atoms with van der Waals surface area (Å²) in [5.41, 5.74) is 6.16. The SMILES string of the molecule is c1ccc2c(c1)c1c3sccc3ccc1n2-c1ccc(-c2nc(-c3ccncc3)nc(-c3ccncc3)n2)cc1. The Bertz CT molecular complexity index is 2090. The number of nitrogens with zero attached hydrogens (tertiary/aromatic N) is 6. The number of rotatable bonds is 4. The lowest BCUT2D eigenvalue weighted by Crippen LogP contribution is -2.00. The molecule has 0 fully saturated rings. The molecule has 40 heavy (non-hydrogen) atoms. The lowest BCUT2D eigenvalue weighted by molar-refractivity contribution is 1.07. The Morgan fingerprint density at radius 2 is 1.12 bits per heavy atom. The first-order valence-electron chi connectivity index (χ1n) is 12.9. The molecule has 0 aliphatic carbocycles. The van der Waals surface area contributed by atoms with E-state index in [1.165, 1.54) is 31.9 Å². The van der Waals surface area contributed by atoms with Crippen LogP contribution in [0.4, 0.5) is 0 Å². The molecule has 0 bridgehead atoms. The Labute approximate surface area is 233 Å². The second kappa shape index (κ2) is 9.18. The third-order valence-corrected chi connectivity index (χ3v) is 8.10. The van der Waals surface area contributed by atoms with Crippen molar-refractivity contribution in [3.8, 4) is 39.9 Å². The molecule has 0 spiro atoms. The number of para-hydroxylation sites is 1. The van der Waals surface area contributed by atoms with Gasteiger partial charge in [-0.05, 0) is 77.5 Å². The first kappa shape index (κ1) is 22.7. The molecule has 8 rings (SSSR count). The Hall–Kier alpha value is -5.27. The molecule has 0 atom stereocenters. The van der Waals surface area contributed by atoms with Crippen molar-refractivity contribution in [1.29, 1.82) is 0 Å². The van der Waals surface area contributed by atoms with E-state index in [1.807, 2.05) is 24.3 Å². The zero-order valence-electron chi connectivity index (χ0n) is 21.1. The van der Waals surface area contributed by atoms with Gasteiger partial charge >= 0.3 is 0 Å². The maximum atomic E-state index is 4.85. The van der Waals surface area contributed by atoms with Gasteiger partial charge in [0.2, 0.25) is 0 Å². The molecule has 5 aromatic heterocycles. The van der Waals surface area contributed by atoms with Gasteiger partial charge in [0.05, 0.1) is 11.0 Å². The van der Waals surface area contributed by atoms with Gasteiger partial charge in [-0.25, -0.2) is 15.0 Å². The van der Waals surface area contributed by atoms with Crippen molar-refractivity contribution in [2.24, 2.45) is 0 Å². The summed E-state index contributed by atoms with van der Waals surface area (Å²) < 4.78 is 3.66. The summed E-state index contributed by atoms with van der Waals surface area (Å²) in [4.78, 5) is 22.7. The average Bonchev–Trinajstić information content (AvgIpc) is 3.64. The fourth-order valence-electron chi connectivity index (χ4n) is 5.28. The highest BCUT2D eigenvalue weighted by Gasteiger charge is 2.16. The standard InChI is InChI=1S/C33H20N6S/c1-2-4-27-26(3-1)29-28(10-7-21-15-20-40-30(21)29)39(27)25-8-5-22(6-9-25)31-36-32(23-11-16-34-17-12-23)38-33(37-31)24-13-18-35-19-14-24/h1-20H. The summed E-state index contributed by atoms with van der Waals surface area (Å²) in [7, 11) is 0. The number of thiophene rings is 1.